The van der Waals surface area contributed by atoms with Crippen molar-refractivity contribution in [3.05, 3.63) is 35.9 Å². The summed E-state index contributed by atoms with van der Waals surface area (Å²) in [5.41, 5.74) is 0.505. The lowest BCUT2D eigenvalue weighted by molar-refractivity contribution is -0.149. The van der Waals surface area contributed by atoms with Gasteiger partial charge in [-0.2, -0.15) is 0 Å². The largest absolute Gasteiger partial charge is 0.339 e. The van der Waals surface area contributed by atoms with Gasteiger partial charge in [-0.15, -0.1) is 0 Å². The van der Waals surface area contributed by atoms with Crippen molar-refractivity contribution in [2.75, 3.05) is 20.1 Å². The zero-order valence-electron chi connectivity index (χ0n) is 18.4. The van der Waals surface area contributed by atoms with Crippen LogP contribution in [0.2, 0.25) is 0 Å². The minimum Gasteiger partial charge on any atom is -0.339 e. The van der Waals surface area contributed by atoms with Gasteiger partial charge in [0.2, 0.25) is 11.8 Å². The molecule has 0 radical (unpaired) electrons. The van der Waals surface area contributed by atoms with Crippen LogP contribution in [0, 0.1) is 17.8 Å². The number of rotatable bonds is 5. The van der Waals surface area contributed by atoms with Gasteiger partial charge < -0.3 is 4.90 Å². The normalized spacial score (nSPS) is 34.0. The van der Waals surface area contributed by atoms with E-state index < -0.39 is 6.04 Å². The van der Waals surface area contributed by atoms with E-state index in [1.807, 2.05) is 22.9 Å². The highest BCUT2D eigenvalue weighted by Gasteiger charge is 2.53. The van der Waals surface area contributed by atoms with Crippen LogP contribution < -0.4 is 5.32 Å². The molecule has 4 bridgehead atoms. The molecular weight excluding hydrogens is 390 g/mol. The lowest BCUT2D eigenvalue weighted by atomic mass is 9.52. The Hall–Kier alpha value is -2.21. The molecule has 0 spiro atoms. The molecule has 6 heteroatoms. The predicted octanol–water partition coefficient (Wildman–Crippen LogP) is 2.83. The van der Waals surface area contributed by atoms with Crippen molar-refractivity contribution in [3.63, 3.8) is 0 Å². The minimum absolute atomic E-state index is 0.0343. The molecule has 1 aromatic rings. The number of imide groups is 1. The van der Waals surface area contributed by atoms with Crippen molar-refractivity contribution in [1.82, 2.24) is 15.1 Å². The van der Waals surface area contributed by atoms with Crippen molar-refractivity contribution < 1.29 is 14.4 Å². The van der Waals surface area contributed by atoms with Gasteiger partial charge in [0.05, 0.1) is 12.6 Å². The maximum atomic E-state index is 13.3. The number of nitrogens with zero attached hydrogens (tertiary/aromatic N) is 2. The van der Waals surface area contributed by atoms with E-state index >= 15 is 0 Å². The molecule has 1 aromatic carbocycles. The summed E-state index contributed by atoms with van der Waals surface area (Å²) in [7, 11) is 1.99. The Kier molecular flexibility index (Phi) is 5.37. The van der Waals surface area contributed by atoms with Crippen LogP contribution in [0.5, 0.6) is 0 Å². The van der Waals surface area contributed by atoms with Gasteiger partial charge in [-0.05, 0) is 87.8 Å². The van der Waals surface area contributed by atoms with Gasteiger partial charge in [0.15, 0.2) is 0 Å². The maximum absolute atomic E-state index is 13.3. The van der Waals surface area contributed by atoms with Crippen LogP contribution >= 0.6 is 0 Å². The second-order valence-corrected chi connectivity index (χ2v) is 10.4. The first-order valence-electron chi connectivity index (χ1n) is 11.8. The first-order valence-corrected chi connectivity index (χ1v) is 11.8. The molecule has 5 aliphatic rings. The molecule has 0 unspecified atom stereocenters. The number of nitrogens with one attached hydrogen (secondary N) is 1. The number of hydrogen-bond donors (Lipinski definition) is 1. The van der Waals surface area contributed by atoms with Crippen LogP contribution in [-0.2, 0) is 9.59 Å². The first-order chi connectivity index (χ1) is 14.9. The number of carbonyl (C=O) groups is 3. The fraction of sp³-hybridized carbons (Fsp3) is 0.640. The van der Waals surface area contributed by atoms with Crippen molar-refractivity contribution in [2.24, 2.45) is 17.8 Å². The van der Waals surface area contributed by atoms with E-state index in [2.05, 4.69) is 5.32 Å². The summed E-state index contributed by atoms with van der Waals surface area (Å²) in [6.45, 7) is 0.980. The average molecular weight is 424 g/mol. The van der Waals surface area contributed by atoms with E-state index in [1.165, 1.54) is 19.3 Å². The third-order valence-corrected chi connectivity index (χ3v) is 8.37. The van der Waals surface area contributed by atoms with Gasteiger partial charge in [-0.1, -0.05) is 18.2 Å². The molecule has 166 valence electrons. The second kappa shape index (κ2) is 8.05. The third kappa shape index (κ3) is 3.91. The van der Waals surface area contributed by atoms with E-state index in [9.17, 15) is 14.4 Å². The smallest absolute Gasteiger partial charge is 0.257 e. The Morgan fingerprint density at radius 1 is 1.03 bits per heavy atom. The Labute approximate surface area is 184 Å². The molecule has 0 aromatic heterocycles. The summed E-state index contributed by atoms with van der Waals surface area (Å²) in [6.07, 6.45) is 9.06. The zero-order valence-corrected chi connectivity index (χ0v) is 18.4. The SMILES string of the molecule is CN(C(=O)CN1CCC[C@H]1C(=O)NC(=O)c1ccccc1)C12CC3CC(CC(C3)C1)C2. The van der Waals surface area contributed by atoms with Crippen LogP contribution in [0.4, 0.5) is 0 Å². The fourth-order valence-corrected chi connectivity index (χ4v) is 7.19. The Morgan fingerprint density at radius 3 is 2.26 bits per heavy atom. The molecule has 1 N–H and O–H groups in total. The van der Waals surface area contributed by atoms with Crippen LogP contribution in [0.1, 0.15) is 61.7 Å². The van der Waals surface area contributed by atoms with Crippen LogP contribution in [0.25, 0.3) is 0 Å². The van der Waals surface area contributed by atoms with Gasteiger partial charge in [0.1, 0.15) is 0 Å². The van der Waals surface area contributed by atoms with Gasteiger partial charge in [0.25, 0.3) is 5.91 Å². The lowest BCUT2D eigenvalue weighted by Crippen LogP contribution is -2.61. The number of likely N-dealkylation sites (tertiary alicyclic amines) is 1. The summed E-state index contributed by atoms with van der Waals surface area (Å²) in [6, 6.07) is 8.36. The summed E-state index contributed by atoms with van der Waals surface area (Å²) < 4.78 is 0. The molecule has 6 rings (SSSR count). The van der Waals surface area contributed by atoms with E-state index in [-0.39, 0.29) is 29.8 Å². The molecule has 1 saturated heterocycles. The van der Waals surface area contributed by atoms with Crippen molar-refractivity contribution in [1.29, 1.82) is 0 Å². The maximum Gasteiger partial charge on any atom is 0.257 e. The standard InChI is InChI=1S/C25H33N3O3/c1-27(25-13-17-10-18(14-25)12-19(11-17)15-25)22(29)16-28-9-5-8-21(28)24(31)26-23(30)20-6-3-2-4-7-20/h2-4,6-7,17-19,21H,5,8-16H2,1H3,(H,26,30,31)/t17?,18?,19?,21-,25?/m0/s1. The molecule has 4 saturated carbocycles. The third-order valence-electron chi connectivity index (χ3n) is 8.37. The van der Waals surface area contributed by atoms with E-state index in [0.717, 1.165) is 50.0 Å². The second-order valence-electron chi connectivity index (χ2n) is 10.4. The summed E-state index contributed by atoms with van der Waals surface area (Å²) in [4.78, 5) is 42.5. The van der Waals surface area contributed by atoms with Gasteiger partial charge >= 0.3 is 0 Å². The molecule has 6 nitrogen and oxygen atoms in total. The van der Waals surface area contributed by atoms with Crippen LogP contribution in [0.3, 0.4) is 0 Å². The number of likely N-dealkylation sites (N-methyl/N-ethyl adjacent to an activating group) is 1. The van der Waals surface area contributed by atoms with Crippen LogP contribution in [0.15, 0.2) is 30.3 Å². The molecule has 1 heterocycles. The van der Waals surface area contributed by atoms with E-state index in [1.54, 1.807) is 24.3 Å². The number of carbonyl (C=O) groups excluding carboxylic acids is 3. The number of amides is 3. The monoisotopic (exact) mass is 423 g/mol. The highest BCUT2D eigenvalue weighted by molar-refractivity contribution is 6.06. The predicted molar refractivity (Wildman–Crippen MR) is 117 cm³/mol. The topological polar surface area (TPSA) is 69.7 Å². The Balaban J connectivity index is 1.21. The zero-order chi connectivity index (χ0) is 21.6. The average Bonchev–Trinajstić information content (AvgIpc) is 3.21. The van der Waals surface area contributed by atoms with Gasteiger partial charge in [-0.25, -0.2) is 0 Å². The summed E-state index contributed by atoms with van der Waals surface area (Å²) in [5.74, 6) is 1.81. The molecule has 1 aliphatic heterocycles. The fourth-order valence-electron chi connectivity index (χ4n) is 7.19. The molecular formula is C25H33N3O3. The highest BCUT2D eigenvalue weighted by Crippen LogP contribution is 2.57. The van der Waals surface area contributed by atoms with Crippen molar-refractivity contribution in [3.8, 4) is 0 Å². The summed E-state index contributed by atoms with van der Waals surface area (Å²) in [5, 5.41) is 2.53. The molecule has 4 aliphatic carbocycles. The molecule has 31 heavy (non-hydrogen) atoms. The highest BCUT2D eigenvalue weighted by atomic mass is 16.2. The van der Waals surface area contributed by atoms with Crippen molar-refractivity contribution in [2.45, 2.75) is 62.9 Å². The molecule has 1 atom stereocenters. The van der Waals surface area contributed by atoms with E-state index in [4.69, 9.17) is 0 Å². The lowest BCUT2D eigenvalue weighted by Gasteiger charge is -2.59. The summed E-state index contributed by atoms with van der Waals surface area (Å²) >= 11 is 0. The molecule has 3 amide bonds. The number of hydrogen-bond acceptors (Lipinski definition) is 4. The van der Waals surface area contributed by atoms with Crippen molar-refractivity contribution >= 4 is 17.7 Å². The van der Waals surface area contributed by atoms with E-state index in [0.29, 0.717) is 12.0 Å². The Bertz CT molecular complexity index is 833. The Morgan fingerprint density at radius 2 is 1.65 bits per heavy atom. The molecule has 5 fully saturated rings. The first kappa shape index (κ1) is 20.7. The van der Waals surface area contributed by atoms with Gasteiger partial charge in [-0.3, -0.25) is 24.6 Å². The quantitative estimate of drug-likeness (QED) is 0.740. The van der Waals surface area contributed by atoms with Crippen LogP contribution in [-0.4, -0.2) is 59.2 Å². The minimum atomic E-state index is -0.415. The van der Waals surface area contributed by atoms with Gasteiger partial charge in [0, 0.05) is 18.2 Å². The number of benzene rings is 1.